The van der Waals surface area contributed by atoms with E-state index in [1.54, 1.807) is 11.3 Å². The standard InChI is InChI=1S/C22H26N4OS/c1-2-17-13-20(21(27)23-18-9-5-3-6-10-18)26(14-17)15-19-16-28-22(24-19)25-11-7-4-8-12-25/h3,5-6,9-10,13-14,16H,2,4,7-8,11-12,15H2,1H3,(H,23,27). The molecule has 1 N–H and O–H groups in total. The molecule has 1 aliphatic heterocycles. The first-order chi connectivity index (χ1) is 13.7. The van der Waals surface area contributed by atoms with Crippen LogP contribution in [0.2, 0.25) is 0 Å². The SMILES string of the molecule is CCc1cc(C(=O)Nc2ccccc2)n(Cc2csc(N3CCCCC3)n2)c1. The first-order valence-electron chi connectivity index (χ1n) is 9.97. The number of carbonyl (C=O) groups is 1. The zero-order valence-electron chi connectivity index (χ0n) is 16.2. The molecule has 3 heterocycles. The lowest BCUT2D eigenvalue weighted by atomic mass is 10.1. The van der Waals surface area contributed by atoms with Gasteiger partial charge in [-0.15, -0.1) is 11.3 Å². The van der Waals surface area contributed by atoms with Gasteiger partial charge < -0.3 is 14.8 Å². The molecule has 4 rings (SSSR count). The number of rotatable bonds is 6. The predicted molar refractivity (Wildman–Crippen MR) is 115 cm³/mol. The molecular weight excluding hydrogens is 368 g/mol. The number of nitrogens with one attached hydrogen (secondary N) is 1. The van der Waals surface area contributed by atoms with Gasteiger partial charge in [-0.2, -0.15) is 0 Å². The molecule has 5 nitrogen and oxygen atoms in total. The average Bonchev–Trinajstić information content (AvgIpc) is 3.37. The highest BCUT2D eigenvalue weighted by Crippen LogP contribution is 2.25. The highest BCUT2D eigenvalue weighted by molar-refractivity contribution is 7.13. The summed E-state index contributed by atoms with van der Waals surface area (Å²) in [5, 5.41) is 6.22. The Bertz CT molecular complexity index is 925. The lowest BCUT2D eigenvalue weighted by Gasteiger charge is -2.25. The van der Waals surface area contributed by atoms with Gasteiger partial charge in [0.2, 0.25) is 0 Å². The molecule has 0 aliphatic carbocycles. The molecule has 0 bridgehead atoms. The number of para-hydroxylation sites is 1. The van der Waals surface area contributed by atoms with Crippen LogP contribution < -0.4 is 10.2 Å². The van der Waals surface area contributed by atoms with Crippen LogP contribution in [0.4, 0.5) is 10.8 Å². The van der Waals surface area contributed by atoms with Crippen LogP contribution in [-0.4, -0.2) is 28.5 Å². The van der Waals surface area contributed by atoms with Gasteiger partial charge in [0.15, 0.2) is 5.13 Å². The number of carbonyl (C=O) groups excluding carboxylic acids is 1. The van der Waals surface area contributed by atoms with E-state index in [4.69, 9.17) is 4.98 Å². The van der Waals surface area contributed by atoms with E-state index in [-0.39, 0.29) is 5.91 Å². The first kappa shape index (κ1) is 18.7. The minimum absolute atomic E-state index is 0.0858. The van der Waals surface area contributed by atoms with E-state index in [9.17, 15) is 4.79 Å². The number of aromatic nitrogens is 2. The zero-order valence-corrected chi connectivity index (χ0v) is 17.0. The molecule has 0 unspecified atom stereocenters. The van der Waals surface area contributed by atoms with Gasteiger partial charge in [-0.05, 0) is 49.4 Å². The van der Waals surface area contributed by atoms with Gasteiger partial charge in [-0.25, -0.2) is 4.98 Å². The molecule has 0 spiro atoms. The van der Waals surface area contributed by atoms with Gasteiger partial charge in [0.1, 0.15) is 5.69 Å². The molecule has 2 aromatic heterocycles. The van der Waals surface area contributed by atoms with E-state index < -0.39 is 0 Å². The number of benzene rings is 1. The number of hydrogen-bond acceptors (Lipinski definition) is 4. The van der Waals surface area contributed by atoms with Crippen molar-refractivity contribution in [1.82, 2.24) is 9.55 Å². The predicted octanol–water partition coefficient (Wildman–Crippen LogP) is 4.80. The van der Waals surface area contributed by atoms with Crippen LogP contribution in [-0.2, 0) is 13.0 Å². The fourth-order valence-electron chi connectivity index (χ4n) is 3.58. The van der Waals surface area contributed by atoms with E-state index in [1.165, 1.54) is 19.3 Å². The Kier molecular flexibility index (Phi) is 5.76. The van der Waals surface area contributed by atoms with Crippen LogP contribution in [0.25, 0.3) is 0 Å². The van der Waals surface area contributed by atoms with E-state index in [0.29, 0.717) is 12.2 Å². The summed E-state index contributed by atoms with van der Waals surface area (Å²) >= 11 is 1.71. The third kappa shape index (κ3) is 4.28. The lowest BCUT2D eigenvalue weighted by molar-refractivity contribution is 0.101. The third-order valence-electron chi connectivity index (χ3n) is 5.12. The van der Waals surface area contributed by atoms with Gasteiger partial charge in [-0.3, -0.25) is 4.79 Å². The topological polar surface area (TPSA) is 50.2 Å². The number of aryl methyl sites for hydroxylation is 1. The van der Waals surface area contributed by atoms with Gasteiger partial charge in [0.05, 0.1) is 12.2 Å². The van der Waals surface area contributed by atoms with Gasteiger partial charge in [0.25, 0.3) is 5.91 Å². The molecule has 1 aliphatic rings. The van der Waals surface area contributed by atoms with Crippen molar-refractivity contribution in [2.45, 2.75) is 39.2 Å². The largest absolute Gasteiger partial charge is 0.348 e. The van der Waals surface area contributed by atoms with E-state index in [1.807, 2.05) is 41.0 Å². The fraction of sp³-hybridized carbons (Fsp3) is 0.364. The maximum absolute atomic E-state index is 12.8. The summed E-state index contributed by atoms with van der Waals surface area (Å²) in [6.07, 6.45) is 6.78. The van der Waals surface area contributed by atoms with E-state index >= 15 is 0 Å². The Morgan fingerprint density at radius 2 is 1.96 bits per heavy atom. The lowest BCUT2D eigenvalue weighted by Crippen LogP contribution is -2.29. The Morgan fingerprint density at radius 3 is 2.71 bits per heavy atom. The number of amides is 1. The molecule has 1 aromatic carbocycles. The van der Waals surface area contributed by atoms with Gasteiger partial charge >= 0.3 is 0 Å². The average molecular weight is 395 g/mol. The summed E-state index contributed by atoms with van der Waals surface area (Å²) in [4.78, 5) is 20.1. The van der Waals surface area contributed by atoms with Crippen molar-refractivity contribution in [2.24, 2.45) is 0 Å². The third-order valence-corrected chi connectivity index (χ3v) is 6.07. The number of anilines is 2. The zero-order chi connectivity index (χ0) is 19.3. The van der Waals surface area contributed by atoms with Gasteiger partial charge in [0, 0.05) is 30.4 Å². The summed E-state index contributed by atoms with van der Waals surface area (Å²) in [6.45, 7) is 4.92. The Balaban J connectivity index is 1.52. The fourth-order valence-corrected chi connectivity index (χ4v) is 4.45. The van der Waals surface area contributed by atoms with Crippen molar-refractivity contribution in [3.8, 4) is 0 Å². The number of hydrogen-bond donors (Lipinski definition) is 1. The van der Waals surface area contributed by atoms with Gasteiger partial charge in [-0.1, -0.05) is 25.1 Å². The molecular formula is C22H26N4OS. The Hall–Kier alpha value is -2.60. The van der Waals surface area contributed by atoms with Crippen LogP contribution in [0.5, 0.6) is 0 Å². The molecule has 6 heteroatoms. The Morgan fingerprint density at radius 1 is 1.18 bits per heavy atom. The maximum Gasteiger partial charge on any atom is 0.272 e. The summed E-state index contributed by atoms with van der Waals surface area (Å²) < 4.78 is 2.02. The first-order valence-corrected chi connectivity index (χ1v) is 10.9. The van der Waals surface area contributed by atoms with Crippen LogP contribution in [0.3, 0.4) is 0 Å². The molecule has 1 saturated heterocycles. The van der Waals surface area contributed by atoms with E-state index in [2.05, 4.69) is 28.7 Å². The van der Waals surface area contributed by atoms with Crippen molar-refractivity contribution in [3.05, 3.63) is 64.9 Å². The number of piperidine rings is 1. The second kappa shape index (κ2) is 8.61. The maximum atomic E-state index is 12.8. The number of nitrogens with zero attached hydrogens (tertiary/aromatic N) is 3. The number of thiazole rings is 1. The summed E-state index contributed by atoms with van der Waals surface area (Å²) in [5.74, 6) is -0.0858. The van der Waals surface area contributed by atoms with Crippen LogP contribution in [0, 0.1) is 0 Å². The molecule has 1 amide bonds. The van der Waals surface area contributed by atoms with Crippen LogP contribution in [0.1, 0.15) is 47.9 Å². The summed E-state index contributed by atoms with van der Waals surface area (Å²) in [6, 6.07) is 11.6. The summed E-state index contributed by atoms with van der Waals surface area (Å²) in [5.41, 5.74) is 3.65. The monoisotopic (exact) mass is 394 g/mol. The summed E-state index contributed by atoms with van der Waals surface area (Å²) in [7, 11) is 0. The molecule has 0 atom stereocenters. The second-order valence-electron chi connectivity index (χ2n) is 7.20. The highest BCUT2D eigenvalue weighted by Gasteiger charge is 2.17. The molecule has 28 heavy (non-hydrogen) atoms. The minimum atomic E-state index is -0.0858. The highest BCUT2D eigenvalue weighted by atomic mass is 32.1. The molecule has 1 fully saturated rings. The van der Waals surface area contributed by atoms with Crippen LogP contribution >= 0.6 is 11.3 Å². The van der Waals surface area contributed by atoms with Crippen molar-refractivity contribution >= 4 is 28.1 Å². The molecule has 0 radical (unpaired) electrons. The second-order valence-corrected chi connectivity index (χ2v) is 8.04. The smallest absolute Gasteiger partial charge is 0.272 e. The molecule has 3 aromatic rings. The van der Waals surface area contributed by atoms with Crippen molar-refractivity contribution in [2.75, 3.05) is 23.3 Å². The Labute approximate surface area is 170 Å². The van der Waals surface area contributed by atoms with Crippen molar-refractivity contribution in [1.29, 1.82) is 0 Å². The molecule has 0 saturated carbocycles. The normalized spacial score (nSPS) is 14.2. The van der Waals surface area contributed by atoms with Crippen molar-refractivity contribution < 1.29 is 4.79 Å². The van der Waals surface area contributed by atoms with Crippen molar-refractivity contribution in [3.63, 3.8) is 0 Å². The molecule has 146 valence electrons. The van der Waals surface area contributed by atoms with Crippen LogP contribution in [0.15, 0.2) is 48.0 Å². The minimum Gasteiger partial charge on any atom is -0.348 e. The van der Waals surface area contributed by atoms with E-state index in [0.717, 1.165) is 41.6 Å². The quantitative estimate of drug-likeness (QED) is 0.653.